The zero-order valence-electron chi connectivity index (χ0n) is 16.1. The largest absolute Gasteiger partial charge is 0.372 e. The third-order valence-electron chi connectivity index (χ3n) is 4.32. The van der Waals surface area contributed by atoms with Gasteiger partial charge in [-0.05, 0) is 43.5 Å². The SMILES string of the molecule is C[C@@H]1CN(c2ccc(NC(=O)NCCSCc3cccs3)cc2F)C[C@@H](C)O1. The van der Waals surface area contributed by atoms with Gasteiger partial charge in [-0.15, -0.1) is 11.3 Å². The number of halogens is 1. The third kappa shape index (κ3) is 6.12. The molecule has 0 radical (unpaired) electrons. The minimum Gasteiger partial charge on any atom is -0.372 e. The maximum absolute atomic E-state index is 14.6. The summed E-state index contributed by atoms with van der Waals surface area (Å²) < 4.78 is 20.3. The van der Waals surface area contributed by atoms with Crippen LogP contribution in [0.1, 0.15) is 18.7 Å². The molecule has 1 aliphatic heterocycles. The number of carbonyl (C=O) groups excluding carboxylic acids is 1. The van der Waals surface area contributed by atoms with Crippen LogP contribution >= 0.6 is 23.1 Å². The van der Waals surface area contributed by atoms with Crippen molar-refractivity contribution in [2.45, 2.75) is 31.8 Å². The molecule has 0 aliphatic carbocycles. The second-order valence-corrected chi connectivity index (χ2v) is 8.98. The summed E-state index contributed by atoms with van der Waals surface area (Å²) in [4.78, 5) is 15.3. The van der Waals surface area contributed by atoms with Gasteiger partial charge in [0.1, 0.15) is 5.82 Å². The van der Waals surface area contributed by atoms with E-state index in [1.807, 2.05) is 24.8 Å². The first kappa shape index (κ1) is 21.0. The van der Waals surface area contributed by atoms with E-state index < -0.39 is 0 Å². The molecular formula is C20H26FN3O2S2. The number of morpholine rings is 1. The number of nitrogens with zero attached hydrogens (tertiary/aromatic N) is 1. The lowest BCUT2D eigenvalue weighted by atomic mass is 10.2. The van der Waals surface area contributed by atoms with E-state index in [9.17, 15) is 9.18 Å². The van der Waals surface area contributed by atoms with Crippen molar-refractivity contribution in [2.24, 2.45) is 0 Å². The molecule has 1 aromatic heterocycles. The van der Waals surface area contributed by atoms with E-state index in [4.69, 9.17) is 4.74 Å². The molecule has 28 heavy (non-hydrogen) atoms. The van der Waals surface area contributed by atoms with E-state index >= 15 is 0 Å². The summed E-state index contributed by atoms with van der Waals surface area (Å²) in [5.74, 6) is 1.43. The first-order chi connectivity index (χ1) is 13.5. The normalized spacial score (nSPS) is 19.5. The second-order valence-electron chi connectivity index (χ2n) is 6.84. The van der Waals surface area contributed by atoms with E-state index in [1.165, 1.54) is 10.9 Å². The number of thiophene rings is 1. The smallest absolute Gasteiger partial charge is 0.319 e. The van der Waals surface area contributed by atoms with Crippen LogP contribution in [0.5, 0.6) is 0 Å². The molecule has 2 aromatic rings. The van der Waals surface area contributed by atoms with Gasteiger partial charge in [0.15, 0.2) is 0 Å². The number of carbonyl (C=O) groups is 1. The Morgan fingerprint density at radius 3 is 2.79 bits per heavy atom. The molecule has 0 bridgehead atoms. The first-order valence-corrected chi connectivity index (χ1v) is 11.4. The molecule has 8 heteroatoms. The molecule has 2 heterocycles. The summed E-state index contributed by atoms with van der Waals surface area (Å²) in [6.45, 7) is 5.83. The van der Waals surface area contributed by atoms with Crippen LogP contribution in [0, 0.1) is 5.82 Å². The fourth-order valence-corrected chi connectivity index (χ4v) is 4.89. The average molecular weight is 424 g/mol. The predicted molar refractivity (Wildman–Crippen MR) is 116 cm³/mol. The highest BCUT2D eigenvalue weighted by Gasteiger charge is 2.24. The lowest BCUT2D eigenvalue weighted by molar-refractivity contribution is -0.00539. The van der Waals surface area contributed by atoms with Gasteiger partial charge >= 0.3 is 6.03 Å². The number of hydrogen-bond acceptors (Lipinski definition) is 5. The van der Waals surface area contributed by atoms with Gasteiger partial charge < -0.3 is 20.3 Å². The van der Waals surface area contributed by atoms with Crippen molar-refractivity contribution in [2.75, 3.05) is 35.6 Å². The van der Waals surface area contributed by atoms with Gasteiger partial charge in [0.2, 0.25) is 0 Å². The number of ether oxygens (including phenoxy) is 1. The highest BCUT2D eigenvalue weighted by molar-refractivity contribution is 7.98. The molecule has 0 spiro atoms. The molecule has 0 unspecified atom stereocenters. The van der Waals surface area contributed by atoms with Gasteiger partial charge in [0, 0.05) is 41.7 Å². The second kappa shape index (κ2) is 10.1. The van der Waals surface area contributed by atoms with E-state index in [2.05, 4.69) is 22.1 Å². The number of amides is 2. The van der Waals surface area contributed by atoms with Crippen molar-refractivity contribution >= 4 is 40.5 Å². The van der Waals surface area contributed by atoms with Gasteiger partial charge in [0.05, 0.1) is 17.9 Å². The molecule has 1 saturated heterocycles. The molecule has 2 N–H and O–H groups in total. The molecule has 0 saturated carbocycles. The number of thioether (sulfide) groups is 1. The minimum atomic E-state index is -0.342. The van der Waals surface area contributed by atoms with E-state index in [-0.39, 0.29) is 24.1 Å². The lowest BCUT2D eigenvalue weighted by Gasteiger charge is -2.37. The van der Waals surface area contributed by atoms with Crippen LogP contribution in [-0.4, -0.2) is 43.6 Å². The van der Waals surface area contributed by atoms with Crippen molar-refractivity contribution in [1.82, 2.24) is 5.32 Å². The van der Waals surface area contributed by atoms with Crippen LogP contribution in [0.3, 0.4) is 0 Å². The van der Waals surface area contributed by atoms with Crippen molar-refractivity contribution in [1.29, 1.82) is 0 Å². The Balaban J connectivity index is 1.43. The van der Waals surface area contributed by atoms with Crippen LogP contribution < -0.4 is 15.5 Å². The minimum absolute atomic E-state index is 0.0596. The highest BCUT2D eigenvalue weighted by atomic mass is 32.2. The van der Waals surface area contributed by atoms with Crippen LogP contribution in [0.25, 0.3) is 0 Å². The molecular weight excluding hydrogens is 397 g/mol. The molecule has 5 nitrogen and oxygen atoms in total. The fourth-order valence-electron chi connectivity index (χ4n) is 3.20. The van der Waals surface area contributed by atoms with Crippen LogP contribution in [0.2, 0.25) is 0 Å². The standard InChI is InChI=1S/C20H26FN3O2S2/c1-14-11-24(12-15(2)26-14)19-6-5-16(10-18(19)21)23-20(25)22-7-9-27-13-17-4-3-8-28-17/h3-6,8,10,14-15H,7,9,11-13H2,1-2H3,(H2,22,23,25)/t14-,15-/m1/s1. The Kier molecular flexibility index (Phi) is 7.58. The molecule has 152 valence electrons. The van der Waals surface area contributed by atoms with Crippen LogP contribution in [-0.2, 0) is 10.5 Å². The molecule has 1 fully saturated rings. The Hall–Kier alpha value is -1.77. The van der Waals surface area contributed by atoms with Crippen LogP contribution in [0.15, 0.2) is 35.7 Å². The van der Waals surface area contributed by atoms with Gasteiger partial charge in [-0.25, -0.2) is 9.18 Å². The maximum Gasteiger partial charge on any atom is 0.319 e. The molecule has 2 amide bonds. The summed E-state index contributed by atoms with van der Waals surface area (Å²) in [6.07, 6.45) is 0.119. The maximum atomic E-state index is 14.6. The number of urea groups is 1. The molecule has 2 atom stereocenters. The summed E-state index contributed by atoms with van der Waals surface area (Å²) in [6, 6.07) is 8.63. The number of hydrogen-bond donors (Lipinski definition) is 2. The van der Waals surface area contributed by atoms with Crippen molar-refractivity contribution in [3.05, 3.63) is 46.4 Å². The topological polar surface area (TPSA) is 53.6 Å². The zero-order valence-corrected chi connectivity index (χ0v) is 17.7. The monoisotopic (exact) mass is 423 g/mol. The number of nitrogens with one attached hydrogen (secondary N) is 2. The Bertz CT molecular complexity index is 763. The zero-order chi connectivity index (χ0) is 19.9. The fraction of sp³-hybridized carbons (Fsp3) is 0.450. The Morgan fingerprint density at radius 2 is 2.11 bits per heavy atom. The van der Waals surface area contributed by atoms with Gasteiger partial charge in [-0.2, -0.15) is 11.8 Å². The van der Waals surface area contributed by atoms with Gasteiger partial charge in [0.25, 0.3) is 0 Å². The van der Waals surface area contributed by atoms with Gasteiger partial charge in [-0.3, -0.25) is 0 Å². The Morgan fingerprint density at radius 1 is 1.32 bits per heavy atom. The van der Waals surface area contributed by atoms with Gasteiger partial charge in [-0.1, -0.05) is 6.07 Å². The predicted octanol–water partition coefficient (Wildman–Crippen LogP) is 4.56. The highest BCUT2D eigenvalue weighted by Crippen LogP contribution is 2.26. The summed E-state index contributed by atoms with van der Waals surface area (Å²) in [5.41, 5.74) is 0.984. The molecule has 1 aliphatic rings. The lowest BCUT2D eigenvalue weighted by Crippen LogP contribution is -2.45. The van der Waals surface area contributed by atoms with E-state index in [1.54, 1.807) is 35.2 Å². The summed E-state index contributed by atoms with van der Waals surface area (Å²) >= 11 is 3.51. The van der Waals surface area contributed by atoms with E-state index in [0.29, 0.717) is 31.0 Å². The van der Waals surface area contributed by atoms with Crippen molar-refractivity contribution in [3.63, 3.8) is 0 Å². The number of rotatable bonds is 7. The average Bonchev–Trinajstić information content (AvgIpc) is 3.14. The number of benzene rings is 1. The Labute approximate surface area is 173 Å². The molecule has 1 aromatic carbocycles. The van der Waals surface area contributed by atoms with Crippen molar-refractivity contribution < 1.29 is 13.9 Å². The quantitative estimate of drug-likeness (QED) is 0.641. The third-order valence-corrected chi connectivity index (χ3v) is 6.39. The first-order valence-electron chi connectivity index (χ1n) is 9.36. The summed E-state index contributed by atoms with van der Waals surface area (Å²) in [5, 5.41) is 7.56. The van der Waals surface area contributed by atoms with Crippen molar-refractivity contribution in [3.8, 4) is 0 Å². The van der Waals surface area contributed by atoms with Crippen LogP contribution in [0.4, 0.5) is 20.6 Å². The molecule has 3 rings (SSSR count). The van der Waals surface area contributed by atoms with E-state index in [0.717, 1.165) is 11.5 Å². The summed E-state index contributed by atoms with van der Waals surface area (Å²) in [7, 11) is 0. The number of anilines is 2.